The van der Waals surface area contributed by atoms with Crippen molar-refractivity contribution in [2.45, 2.75) is 50.3 Å². The van der Waals surface area contributed by atoms with E-state index in [2.05, 4.69) is 15.4 Å². The van der Waals surface area contributed by atoms with E-state index in [0.717, 1.165) is 32.1 Å². The minimum absolute atomic E-state index is 0.0430. The Morgan fingerprint density at radius 2 is 1.82 bits per heavy atom. The predicted octanol–water partition coefficient (Wildman–Crippen LogP) is 4.45. The van der Waals surface area contributed by atoms with Crippen LogP contribution in [-0.4, -0.2) is 62.9 Å². The first-order chi connectivity index (χ1) is 18.4. The van der Waals surface area contributed by atoms with Gasteiger partial charge in [-0.05, 0) is 43.9 Å². The number of anilines is 1. The molecule has 3 aliphatic heterocycles. The van der Waals surface area contributed by atoms with Crippen LogP contribution in [0.3, 0.4) is 0 Å². The molecule has 1 aromatic carbocycles. The van der Waals surface area contributed by atoms with E-state index in [1.54, 1.807) is 48.3 Å². The number of pyridine rings is 1. The van der Waals surface area contributed by atoms with Crippen molar-refractivity contribution in [1.82, 2.24) is 19.7 Å². The van der Waals surface area contributed by atoms with Gasteiger partial charge in [-0.25, -0.2) is 4.98 Å². The van der Waals surface area contributed by atoms with Crippen LogP contribution in [0, 0.1) is 0 Å². The second-order valence-corrected chi connectivity index (χ2v) is 10.3. The van der Waals surface area contributed by atoms with Crippen LogP contribution in [0.25, 0.3) is 0 Å². The average molecular weight is 538 g/mol. The van der Waals surface area contributed by atoms with Gasteiger partial charge in [-0.2, -0.15) is 5.10 Å². The number of aryl methyl sites for hydroxylation is 1. The van der Waals surface area contributed by atoms with Gasteiger partial charge in [0.2, 0.25) is 5.88 Å². The fourth-order valence-electron chi connectivity index (χ4n) is 5.42. The highest BCUT2D eigenvalue weighted by atomic mass is 35.5. The van der Waals surface area contributed by atoms with E-state index in [-0.39, 0.29) is 28.8 Å². The van der Waals surface area contributed by atoms with Gasteiger partial charge >= 0.3 is 0 Å². The fourth-order valence-corrected chi connectivity index (χ4v) is 5.63. The third-order valence-corrected chi connectivity index (χ3v) is 7.52. The van der Waals surface area contributed by atoms with Gasteiger partial charge in [0, 0.05) is 55.6 Å². The van der Waals surface area contributed by atoms with Crippen molar-refractivity contribution in [2.24, 2.45) is 7.05 Å². The minimum Gasteiger partial charge on any atom is -0.488 e. The normalized spacial score (nSPS) is 22.1. The van der Waals surface area contributed by atoms with Gasteiger partial charge in [0.25, 0.3) is 11.8 Å². The zero-order valence-electron chi connectivity index (χ0n) is 20.9. The Bertz CT molecular complexity index is 1350. The molecule has 0 spiro atoms. The van der Waals surface area contributed by atoms with Crippen molar-refractivity contribution in [3.05, 3.63) is 58.9 Å². The number of ether oxygens (including phenoxy) is 3. The van der Waals surface area contributed by atoms with Crippen molar-refractivity contribution in [3.63, 3.8) is 0 Å². The molecular weight excluding hydrogens is 510 g/mol. The molecular formula is C27H28ClN5O5. The summed E-state index contributed by atoms with van der Waals surface area (Å²) in [6.45, 7) is 1.10. The fraction of sp³-hybridized carbons (Fsp3) is 0.407. The first-order valence-corrected chi connectivity index (χ1v) is 13.2. The van der Waals surface area contributed by atoms with Crippen molar-refractivity contribution in [1.29, 1.82) is 0 Å². The second kappa shape index (κ2) is 10.3. The summed E-state index contributed by atoms with van der Waals surface area (Å²) in [6, 6.07) is 8.81. The summed E-state index contributed by atoms with van der Waals surface area (Å²) < 4.78 is 19.1. The summed E-state index contributed by atoms with van der Waals surface area (Å²) in [5, 5.41) is 7.17. The van der Waals surface area contributed by atoms with Crippen LogP contribution in [-0.2, 0) is 11.8 Å². The molecule has 6 rings (SSSR count). The van der Waals surface area contributed by atoms with E-state index in [9.17, 15) is 9.59 Å². The van der Waals surface area contributed by atoms with Gasteiger partial charge in [-0.3, -0.25) is 14.3 Å². The highest BCUT2D eigenvalue weighted by molar-refractivity contribution is 6.32. The molecule has 0 unspecified atom stereocenters. The van der Waals surface area contributed by atoms with Gasteiger partial charge in [0.15, 0.2) is 5.82 Å². The predicted molar refractivity (Wildman–Crippen MR) is 139 cm³/mol. The molecule has 0 aliphatic carbocycles. The number of rotatable bonds is 7. The molecule has 3 fully saturated rings. The lowest BCUT2D eigenvalue weighted by Crippen LogP contribution is -2.35. The molecule has 2 amide bonds. The van der Waals surface area contributed by atoms with Crippen LogP contribution < -0.4 is 14.8 Å². The molecule has 38 heavy (non-hydrogen) atoms. The quantitative estimate of drug-likeness (QED) is 0.474. The number of benzene rings is 1. The summed E-state index contributed by atoms with van der Waals surface area (Å²) >= 11 is 6.51. The lowest BCUT2D eigenvalue weighted by atomic mass is 10.0. The number of hydrogen-bond donors (Lipinski definition) is 1. The lowest BCUT2D eigenvalue weighted by molar-refractivity contribution is 0.0729. The summed E-state index contributed by atoms with van der Waals surface area (Å²) in [7, 11) is 1.77. The second-order valence-electron chi connectivity index (χ2n) is 9.91. The van der Waals surface area contributed by atoms with Gasteiger partial charge in [-0.15, -0.1) is 0 Å². The number of carbonyl (C=O) groups is 2. The first kappa shape index (κ1) is 24.7. The summed E-state index contributed by atoms with van der Waals surface area (Å²) in [4.78, 5) is 32.4. The Balaban J connectivity index is 1.23. The molecule has 5 heterocycles. The Kier molecular flexibility index (Phi) is 6.67. The lowest BCUT2D eigenvalue weighted by Gasteiger charge is -2.22. The number of halogens is 1. The Labute approximate surface area is 224 Å². The number of hydrogen-bond acceptors (Lipinski definition) is 7. The monoisotopic (exact) mass is 537 g/mol. The van der Waals surface area contributed by atoms with E-state index in [1.165, 1.54) is 6.20 Å². The van der Waals surface area contributed by atoms with E-state index >= 15 is 0 Å². The number of carbonyl (C=O) groups excluding carboxylic acids is 2. The van der Waals surface area contributed by atoms with Gasteiger partial charge in [0.05, 0.1) is 18.8 Å². The van der Waals surface area contributed by atoms with Crippen LogP contribution >= 0.6 is 11.6 Å². The van der Waals surface area contributed by atoms with Gasteiger partial charge in [0.1, 0.15) is 22.6 Å². The standard InChI is InChI=1S/C27H28ClN5O5/c1-32-8-6-24(31-32)30-25(34)16-10-21(37-20-7-9-36-15-20)13-22(11-16)38-26-23(28)12-17(14-29-26)27(35)33-18-2-3-19(33)5-4-18/h6,8,10-14,18-20H,2-5,7,9,15H2,1H3,(H,30,31,34)/t18?,19?,20-/m0/s1. The molecule has 198 valence electrons. The number of fused-ring (bicyclic) bond motifs is 2. The Morgan fingerprint density at radius 3 is 2.47 bits per heavy atom. The average Bonchev–Trinajstić information content (AvgIpc) is 3.71. The van der Waals surface area contributed by atoms with Crippen molar-refractivity contribution >= 4 is 29.2 Å². The number of nitrogens with zero attached hydrogens (tertiary/aromatic N) is 4. The molecule has 10 nitrogen and oxygen atoms in total. The molecule has 3 saturated heterocycles. The molecule has 11 heteroatoms. The smallest absolute Gasteiger partial charge is 0.257 e. The molecule has 1 N–H and O–H groups in total. The zero-order valence-corrected chi connectivity index (χ0v) is 21.7. The van der Waals surface area contributed by atoms with Crippen molar-refractivity contribution < 1.29 is 23.8 Å². The topological polar surface area (TPSA) is 108 Å². The van der Waals surface area contributed by atoms with Crippen LogP contribution in [0.4, 0.5) is 5.82 Å². The summed E-state index contributed by atoms with van der Waals surface area (Å²) in [6.07, 6.45) is 8.08. The largest absolute Gasteiger partial charge is 0.488 e. The van der Waals surface area contributed by atoms with E-state index in [0.29, 0.717) is 53.7 Å². The van der Waals surface area contributed by atoms with Crippen molar-refractivity contribution in [3.8, 4) is 17.4 Å². The van der Waals surface area contributed by atoms with Crippen LogP contribution in [0.1, 0.15) is 52.8 Å². The minimum atomic E-state index is -0.373. The van der Waals surface area contributed by atoms with E-state index in [4.69, 9.17) is 25.8 Å². The maximum Gasteiger partial charge on any atom is 0.257 e. The molecule has 1 atom stereocenters. The molecule has 3 aromatic rings. The maximum absolute atomic E-state index is 13.1. The van der Waals surface area contributed by atoms with E-state index in [1.807, 2.05) is 4.90 Å². The van der Waals surface area contributed by atoms with Crippen LogP contribution in [0.5, 0.6) is 17.4 Å². The molecule has 0 saturated carbocycles. The van der Waals surface area contributed by atoms with Gasteiger partial charge in [-0.1, -0.05) is 11.6 Å². The maximum atomic E-state index is 13.1. The first-order valence-electron chi connectivity index (χ1n) is 12.8. The van der Waals surface area contributed by atoms with Crippen LogP contribution in [0.2, 0.25) is 5.02 Å². The highest BCUT2D eigenvalue weighted by Crippen LogP contribution is 2.39. The number of nitrogens with one attached hydrogen (secondary N) is 1. The third kappa shape index (κ3) is 5.06. The number of amides is 2. The molecule has 0 radical (unpaired) electrons. The SMILES string of the molecule is Cn1ccc(NC(=O)c2cc(Oc3ncc(C(=O)N4C5CCC4CC5)cc3Cl)cc(O[C@H]3CCOC3)c2)n1. The Hall–Kier alpha value is -3.63. The molecule has 2 bridgehead atoms. The zero-order chi connectivity index (χ0) is 26.2. The van der Waals surface area contributed by atoms with Crippen molar-refractivity contribution in [2.75, 3.05) is 18.5 Å². The summed E-state index contributed by atoms with van der Waals surface area (Å²) in [5.41, 5.74) is 0.754. The highest BCUT2D eigenvalue weighted by Gasteiger charge is 2.42. The summed E-state index contributed by atoms with van der Waals surface area (Å²) in [5.74, 6) is 0.910. The van der Waals surface area contributed by atoms with E-state index < -0.39 is 0 Å². The van der Waals surface area contributed by atoms with Crippen LogP contribution in [0.15, 0.2) is 42.7 Å². The molecule has 2 aromatic heterocycles. The Morgan fingerprint density at radius 1 is 1.05 bits per heavy atom. The number of aromatic nitrogens is 3. The molecule has 3 aliphatic rings. The van der Waals surface area contributed by atoms with Gasteiger partial charge < -0.3 is 24.4 Å². The third-order valence-electron chi connectivity index (χ3n) is 7.24.